The third kappa shape index (κ3) is 2.69. The summed E-state index contributed by atoms with van der Waals surface area (Å²) in [5.74, 6) is -1.02. The predicted molar refractivity (Wildman–Crippen MR) is 95.5 cm³/mol. The lowest BCUT2D eigenvalue weighted by atomic mass is 10.0. The number of aliphatic hydroxyl groups is 1. The molecule has 0 fully saturated rings. The third-order valence-electron chi connectivity index (χ3n) is 3.84. The van der Waals surface area contributed by atoms with E-state index in [1.807, 2.05) is 6.92 Å². The van der Waals surface area contributed by atoms with Crippen LogP contribution in [0.5, 0.6) is 0 Å². The normalized spacial score (nSPS) is 15.9. The number of aryl methyl sites for hydroxylation is 1. The third-order valence-corrected chi connectivity index (χ3v) is 6.59. The average Bonchev–Trinajstić information content (AvgIpc) is 2.99. The van der Waals surface area contributed by atoms with Crippen molar-refractivity contribution in [3.8, 4) is 10.6 Å². The van der Waals surface area contributed by atoms with E-state index in [1.54, 1.807) is 25.3 Å². The van der Waals surface area contributed by atoms with Gasteiger partial charge in [-0.05, 0) is 19.9 Å². The number of fused-ring (bicyclic) bond motifs is 1. The molecule has 0 unspecified atom stereocenters. The van der Waals surface area contributed by atoms with Gasteiger partial charge in [-0.3, -0.25) is 9.10 Å². The molecule has 0 saturated carbocycles. The van der Waals surface area contributed by atoms with E-state index >= 15 is 0 Å². The van der Waals surface area contributed by atoms with Crippen molar-refractivity contribution in [1.29, 1.82) is 0 Å². The fourth-order valence-corrected chi connectivity index (χ4v) is 4.89. The van der Waals surface area contributed by atoms with Gasteiger partial charge in [-0.25, -0.2) is 13.4 Å². The summed E-state index contributed by atoms with van der Waals surface area (Å²) in [6.45, 7) is 3.91. The summed E-state index contributed by atoms with van der Waals surface area (Å²) in [5.41, 5.74) is 0.290. The van der Waals surface area contributed by atoms with Crippen LogP contribution >= 0.6 is 11.3 Å². The minimum absolute atomic E-state index is 0.0501. The van der Waals surface area contributed by atoms with Crippen LogP contribution in [0.1, 0.15) is 17.4 Å². The molecule has 2 heterocycles. The molecule has 1 aliphatic rings. The highest BCUT2D eigenvalue weighted by Gasteiger charge is 2.39. The van der Waals surface area contributed by atoms with Crippen LogP contribution in [0.4, 0.5) is 0 Å². The van der Waals surface area contributed by atoms with Gasteiger partial charge in [0.15, 0.2) is 11.5 Å². The number of amides is 1. The molecule has 1 aromatic carbocycles. The highest BCUT2D eigenvalue weighted by atomic mass is 32.2. The molecule has 0 atom stereocenters. The van der Waals surface area contributed by atoms with E-state index in [9.17, 15) is 18.3 Å². The molecule has 1 amide bonds. The van der Waals surface area contributed by atoms with E-state index in [-0.39, 0.29) is 21.9 Å². The van der Waals surface area contributed by atoms with Crippen LogP contribution in [0, 0.1) is 6.92 Å². The average molecular weight is 379 g/mol. The molecule has 2 N–H and O–H groups in total. The molecule has 132 valence electrons. The zero-order valence-corrected chi connectivity index (χ0v) is 15.5. The molecule has 9 heteroatoms. The molecule has 1 aromatic heterocycles. The van der Waals surface area contributed by atoms with Crippen molar-refractivity contribution in [2.24, 2.45) is 0 Å². The Morgan fingerprint density at radius 2 is 2.12 bits per heavy atom. The monoisotopic (exact) mass is 379 g/mol. The molecule has 3 rings (SSSR count). The van der Waals surface area contributed by atoms with Gasteiger partial charge >= 0.3 is 0 Å². The second-order valence-electron chi connectivity index (χ2n) is 5.48. The van der Waals surface area contributed by atoms with Crippen molar-refractivity contribution in [3.05, 3.63) is 40.5 Å². The summed E-state index contributed by atoms with van der Waals surface area (Å²) >= 11 is 1.38. The number of aliphatic hydroxyl groups excluding tert-OH is 1. The summed E-state index contributed by atoms with van der Waals surface area (Å²) in [4.78, 5) is 17.5. The number of thiazole rings is 1. The molecule has 7 nitrogen and oxygen atoms in total. The number of hydrogen-bond donors (Lipinski definition) is 2. The predicted octanol–water partition coefficient (Wildman–Crippen LogP) is 2.12. The van der Waals surface area contributed by atoms with E-state index in [4.69, 9.17) is 0 Å². The summed E-state index contributed by atoms with van der Waals surface area (Å²) in [6, 6.07) is 4.69. The molecule has 0 bridgehead atoms. The number of likely N-dealkylation sites (N-methyl/N-ethyl adjacent to an activating group) is 2. The maximum atomic E-state index is 12.8. The standard InChI is InChI=1S/C16H17N3O4S2/c1-4-17-15(21)13-14(20)12-10(16-18-8-9(2)24-16)6-5-7-11(12)25(22,23)19(13)3/h5-8,20H,4H2,1-3H3,(H,17,21). The van der Waals surface area contributed by atoms with Crippen molar-refractivity contribution in [3.63, 3.8) is 0 Å². The summed E-state index contributed by atoms with van der Waals surface area (Å²) in [5, 5.41) is 13.9. The van der Waals surface area contributed by atoms with Gasteiger partial charge in [0.25, 0.3) is 15.9 Å². The topological polar surface area (TPSA) is 99.6 Å². The van der Waals surface area contributed by atoms with Crippen LogP contribution < -0.4 is 5.32 Å². The fourth-order valence-electron chi connectivity index (χ4n) is 2.68. The molecule has 0 aliphatic carbocycles. The van der Waals surface area contributed by atoms with Crippen molar-refractivity contribution >= 4 is 33.0 Å². The highest BCUT2D eigenvalue weighted by Crippen LogP contribution is 2.41. The number of aromatic nitrogens is 1. The number of carbonyl (C=O) groups is 1. The summed E-state index contributed by atoms with van der Waals surface area (Å²) < 4.78 is 26.5. The van der Waals surface area contributed by atoms with Gasteiger partial charge < -0.3 is 10.4 Å². The Kier molecular flexibility index (Phi) is 4.29. The van der Waals surface area contributed by atoms with Crippen LogP contribution in [0.3, 0.4) is 0 Å². The van der Waals surface area contributed by atoms with E-state index in [0.29, 0.717) is 17.1 Å². The maximum absolute atomic E-state index is 12.8. The second-order valence-corrected chi connectivity index (χ2v) is 8.66. The van der Waals surface area contributed by atoms with Gasteiger partial charge in [-0.15, -0.1) is 11.3 Å². The van der Waals surface area contributed by atoms with E-state index in [1.165, 1.54) is 24.5 Å². The lowest BCUT2D eigenvalue weighted by Gasteiger charge is -2.29. The van der Waals surface area contributed by atoms with E-state index < -0.39 is 15.9 Å². The summed E-state index contributed by atoms with van der Waals surface area (Å²) in [7, 11) is -2.71. The Balaban J connectivity index is 2.35. The fraction of sp³-hybridized carbons (Fsp3) is 0.250. The highest BCUT2D eigenvalue weighted by molar-refractivity contribution is 7.89. The molecule has 25 heavy (non-hydrogen) atoms. The number of carbonyl (C=O) groups excluding carboxylic acids is 1. The number of nitrogens with one attached hydrogen (secondary N) is 1. The number of sulfonamides is 1. The maximum Gasteiger partial charge on any atom is 0.272 e. The Morgan fingerprint density at radius 3 is 2.72 bits per heavy atom. The lowest BCUT2D eigenvalue weighted by molar-refractivity contribution is -0.118. The Labute approximate surface area is 149 Å². The smallest absolute Gasteiger partial charge is 0.272 e. The van der Waals surface area contributed by atoms with Gasteiger partial charge in [0, 0.05) is 35.8 Å². The Bertz CT molecular complexity index is 993. The van der Waals surface area contributed by atoms with Crippen LogP contribution in [0.25, 0.3) is 16.3 Å². The number of rotatable bonds is 3. The van der Waals surface area contributed by atoms with Crippen LogP contribution in [0.2, 0.25) is 0 Å². The zero-order valence-electron chi connectivity index (χ0n) is 13.9. The van der Waals surface area contributed by atoms with E-state index in [2.05, 4.69) is 10.3 Å². The first-order valence-electron chi connectivity index (χ1n) is 7.55. The number of nitrogens with zero attached hydrogens (tertiary/aromatic N) is 2. The molecular formula is C16H17N3O4S2. The van der Waals surface area contributed by atoms with Crippen LogP contribution in [-0.2, 0) is 14.8 Å². The molecule has 0 saturated heterocycles. The van der Waals surface area contributed by atoms with Crippen LogP contribution in [0.15, 0.2) is 35.0 Å². The van der Waals surface area contributed by atoms with Crippen molar-refractivity contribution in [2.75, 3.05) is 13.6 Å². The number of hydrogen-bond acceptors (Lipinski definition) is 6. The van der Waals surface area contributed by atoms with Gasteiger partial charge in [0.05, 0.1) is 4.90 Å². The van der Waals surface area contributed by atoms with E-state index in [0.717, 1.165) is 9.18 Å². The minimum Gasteiger partial charge on any atom is -0.505 e. The quantitative estimate of drug-likeness (QED) is 0.851. The molecule has 0 spiro atoms. The molecule has 1 aliphatic heterocycles. The molecular weight excluding hydrogens is 362 g/mol. The molecule has 2 aromatic rings. The Hall–Kier alpha value is -2.39. The van der Waals surface area contributed by atoms with Crippen molar-refractivity contribution in [1.82, 2.24) is 14.6 Å². The number of benzene rings is 1. The summed E-state index contributed by atoms with van der Waals surface area (Å²) in [6.07, 6.45) is 1.67. The second kappa shape index (κ2) is 6.16. The van der Waals surface area contributed by atoms with Gasteiger partial charge in [-0.2, -0.15) is 0 Å². The SMILES string of the molecule is CCNC(=O)C1=C(O)c2c(-c3ncc(C)s3)cccc2S(=O)(=O)N1C. The van der Waals surface area contributed by atoms with Gasteiger partial charge in [0.2, 0.25) is 0 Å². The first kappa shape index (κ1) is 17.4. The zero-order chi connectivity index (χ0) is 18.4. The first-order valence-corrected chi connectivity index (χ1v) is 9.81. The lowest BCUT2D eigenvalue weighted by Crippen LogP contribution is -2.39. The van der Waals surface area contributed by atoms with Gasteiger partial charge in [-0.1, -0.05) is 12.1 Å². The molecule has 0 radical (unpaired) electrons. The first-order chi connectivity index (χ1) is 11.8. The Morgan fingerprint density at radius 1 is 1.40 bits per heavy atom. The van der Waals surface area contributed by atoms with Gasteiger partial charge in [0.1, 0.15) is 5.01 Å². The van der Waals surface area contributed by atoms with Crippen molar-refractivity contribution in [2.45, 2.75) is 18.7 Å². The van der Waals surface area contributed by atoms with Crippen molar-refractivity contribution < 1.29 is 18.3 Å². The largest absolute Gasteiger partial charge is 0.505 e. The minimum atomic E-state index is -3.96. The van der Waals surface area contributed by atoms with Crippen LogP contribution in [-0.4, -0.2) is 42.3 Å².